The molecule has 5 N–H and O–H groups in total. The fourth-order valence-electron chi connectivity index (χ4n) is 1.02. The first-order chi connectivity index (χ1) is 8.42. The lowest BCUT2D eigenvalue weighted by Gasteiger charge is -2.20. The number of hydrogen-bond donors (Lipinski definition) is 5. The molecule has 0 spiro atoms. The van der Waals surface area contributed by atoms with Gasteiger partial charge in [0, 0.05) is 4.91 Å². The van der Waals surface area contributed by atoms with Crippen LogP contribution in [0.3, 0.4) is 0 Å². The van der Waals surface area contributed by atoms with Crippen LogP contribution in [0.15, 0.2) is 5.11 Å². The van der Waals surface area contributed by atoms with Crippen LogP contribution in [0.25, 0.3) is 10.4 Å². The van der Waals surface area contributed by atoms with Crippen LogP contribution in [0.5, 0.6) is 0 Å². The van der Waals surface area contributed by atoms with E-state index in [4.69, 9.17) is 15.7 Å². The minimum absolute atomic E-state index is 0.569. The number of hydrogen-bond acceptors (Lipinski definition) is 7. The summed E-state index contributed by atoms with van der Waals surface area (Å²) in [4.78, 5) is 24.4. The first-order valence-corrected chi connectivity index (χ1v) is 4.91. The van der Waals surface area contributed by atoms with Crippen molar-refractivity contribution in [2.75, 3.05) is 13.2 Å². The summed E-state index contributed by atoms with van der Waals surface area (Å²) in [7, 11) is 0. The van der Waals surface area contributed by atoms with E-state index >= 15 is 0 Å². The van der Waals surface area contributed by atoms with Crippen LogP contribution in [0, 0.1) is 0 Å². The number of carbonyl (C=O) groups excluding carboxylic acids is 2. The molecule has 0 aromatic carbocycles. The SMILES string of the molecule is [N-]=[N+]=NCC(=O)NC(=O)CC(O)C(O)C(O)CO. The number of rotatable bonds is 7. The number of imide groups is 1. The van der Waals surface area contributed by atoms with Crippen molar-refractivity contribution in [2.45, 2.75) is 24.7 Å². The van der Waals surface area contributed by atoms with Crippen LogP contribution in [0.1, 0.15) is 6.42 Å². The molecule has 0 bridgehead atoms. The zero-order valence-corrected chi connectivity index (χ0v) is 9.30. The molecule has 0 aliphatic carbocycles. The van der Waals surface area contributed by atoms with Gasteiger partial charge < -0.3 is 20.4 Å². The molecule has 3 atom stereocenters. The van der Waals surface area contributed by atoms with Gasteiger partial charge in [-0.05, 0) is 5.53 Å². The molecule has 0 saturated heterocycles. The number of nitrogens with one attached hydrogen (secondary N) is 1. The maximum Gasteiger partial charge on any atom is 0.232 e. The Labute approximate surface area is 101 Å². The van der Waals surface area contributed by atoms with Crippen molar-refractivity contribution in [3.8, 4) is 0 Å². The van der Waals surface area contributed by atoms with Crippen LogP contribution in [0.2, 0.25) is 0 Å². The smallest absolute Gasteiger partial charge is 0.232 e. The lowest BCUT2D eigenvalue weighted by atomic mass is 10.1. The van der Waals surface area contributed by atoms with Crippen molar-refractivity contribution in [1.82, 2.24) is 5.32 Å². The average molecular weight is 262 g/mol. The summed E-state index contributed by atoms with van der Waals surface area (Å²) >= 11 is 0. The van der Waals surface area contributed by atoms with Crippen LogP contribution >= 0.6 is 0 Å². The summed E-state index contributed by atoms with van der Waals surface area (Å²) < 4.78 is 0. The summed E-state index contributed by atoms with van der Waals surface area (Å²) in [5.41, 5.74) is 7.92. The van der Waals surface area contributed by atoms with E-state index in [1.807, 2.05) is 0 Å². The Morgan fingerprint density at radius 3 is 2.33 bits per heavy atom. The molecule has 0 aliphatic rings. The monoisotopic (exact) mass is 262 g/mol. The molecule has 3 unspecified atom stereocenters. The van der Waals surface area contributed by atoms with E-state index in [2.05, 4.69) is 10.0 Å². The fourth-order valence-corrected chi connectivity index (χ4v) is 1.02. The summed E-state index contributed by atoms with van der Waals surface area (Å²) in [5, 5.41) is 40.7. The van der Waals surface area contributed by atoms with Gasteiger partial charge in [-0.2, -0.15) is 0 Å². The summed E-state index contributed by atoms with van der Waals surface area (Å²) in [6.45, 7) is -1.35. The highest BCUT2D eigenvalue weighted by Crippen LogP contribution is 2.03. The number of amides is 2. The van der Waals surface area contributed by atoms with Gasteiger partial charge in [-0.1, -0.05) is 5.11 Å². The van der Waals surface area contributed by atoms with E-state index in [0.717, 1.165) is 0 Å². The molecular formula is C8H14N4O6. The van der Waals surface area contributed by atoms with Crippen molar-refractivity contribution < 1.29 is 30.0 Å². The van der Waals surface area contributed by atoms with Gasteiger partial charge in [0.1, 0.15) is 18.8 Å². The standard InChI is InChI=1S/C8H14N4O6/c9-12-10-2-7(17)11-6(16)1-4(14)8(18)5(15)3-13/h4-5,8,13-15,18H,1-3H2,(H,11,16,17). The van der Waals surface area contributed by atoms with Crippen LogP contribution in [-0.2, 0) is 9.59 Å². The fraction of sp³-hybridized carbons (Fsp3) is 0.750. The van der Waals surface area contributed by atoms with Gasteiger partial charge in [0.05, 0.1) is 19.1 Å². The molecular weight excluding hydrogens is 248 g/mol. The van der Waals surface area contributed by atoms with Crippen molar-refractivity contribution in [3.63, 3.8) is 0 Å². The average Bonchev–Trinajstić information content (AvgIpc) is 2.33. The molecule has 0 saturated carbocycles. The molecule has 18 heavy (non-hydrogen) atoms. The maximum absolute atomic E-state index is 11.2. The Kier molecular flexibility index (Phi) is 7.59. The Morgan fingerprint density at radius 2 is 1.83 bits per heavy atom. The zero-order valence-electron chi connectivity index (χ0n) is 9.30. The van der Waals surface area contributed by atoms with Gasteiger partial charge in [0.15, 0.2) is 0 Å². The van der Waals surface area contributed by atoms with Crippen LogP contribution in [-0.4, -0.2) is 63.7 Å². The van der Waals surface area contributed by atoms with Gasteiger partial charge >= 0.3 is 0 Å². The van der Waals surface area contributed by atoms with Crippen molar-refractivity contribution >= 4 is 11.8 Å². The lowest BCUT2D eigenvalue weighted by molar-refractivity contribution is -0.133. The van der Waals surface area contributed by atoms with Crippen molar-refractivity contribution in [2.24, 2.45) is 5.11 Å². The van der Waals surface area contributed by atoms with Crippen molar-refractivity contribution in [1.29, 1.82) is 0 Å². The maximum atomic E-state index is 11.2. The molecule has 0 fully saturated rings. The molecule has 0 aromatic heterocycles. The van der Waals surface area contributed by atoms with Gasteiger partial charge in [-0.25, -0.2) is 0 Å². The second-order valence-electron chi connectivity index (χ2n) is 3.37. The second-order valence-corrected chi connectivity index (χ2v) is 3.37. The van der Waals surface area contributed by atoms with E-state index in [1.54, 1.807) is 5.32 Å². The summed E-state index contributed by atoms with van der Waals surface area (Å²) in [6, 6.07) is 0. The second kappa shape index (κ2) is 8.39. The quantitative estimate of drug-likeness (QED) is 0.191. The number of carbonyl (C=O) groups is 2. The van der Waals surface area contributed by atoms with E-state index in [-0.39, 0.29) is 0 Å². The predicted octanol–water partition coefficient (Wildman–Crippen LogP) is -2.60. The molecule has 102 valence electrons. The molecule has 0 rings (SSSR count). The highest BCUT2D eigenvalue weighted by molar-refractivity contribution is 5.96. The third kappa shape index (κ3) is 6.13. The van der Waals surface area contributed by atoms with Gasteiger partial charge in [0.2, 0.25) is 11.8 Å². The molecule has 10 heteroatoms. The highest BCUT2D eigenvalue weighted by Gasteiger charge is 2.26. The predicted molar refractivity (Wildman–Crippen MR) is 56.9 cm³/mol. The topological polar surface area (TPSA) is 176 Å². The molecule has 2 amide bonds. The first kappa shape index (κ1) is 16.3. The largest absolute Gasteiger partial charge is 0.394 e. The Hall–Kier alpha value is -1.71. The third-order valence-electron chi connectivity index (χ3n) is 1.93. The minimum atomic E-state index is -1.71. The van der Waals surface area contributed by atoms with E-state index in [0.29, 0.717) is 0 Å². The molecule has 0 aliphatic heterocycles. The Morgan fingerprint density at radius 1 is 1.22 bits per heavy atom. The van der Waals surface area contributed by atoms with Gasteiger partial charge in [-0.3, -0.25) is 14.9 Å². The number of azide groups is 1. The molecule has 0 heterocycles. The third-order valence-corrected chi connectivity index (χ3v) is 1.93. The molecule has 10 nitrogen and oxygen atoms in total. The van der Waals surface area contributed by atoms with Gasteiger partial charge in [-0.15, -0.1) is 0 Å². The van der Waals surface area contributed by atoms with E-state index in [9.17, 15) is 19.8 Å². The van der Waals surface area contributed by atoms with Gasteiger partial charge in [0.25, 0.3) is 0 Å². The minimum Gasteiger partial charge on any atom is -0.394 e. The molecule has 0 radical (unpaired) electrons. The van der Waals surface area contributed by atoms with Crippen LogP contribution in [0.4, 0.5) is 0 Å². The Balaban J connectivity index is 4.15. The number of nitrogens with zero attached hydrogens (tertiary/aromatic N) is 3. The molecule has 0 aromatic rings. The summed E-state index contributed by atoms with van der Waals surface area (Å²) in [6.07, 6.45) is -5.60. The first-order valence-electron chi connectivity index (χ1n) is 4.91. The van der Waals surface area contributed by atoms with Crippen LogP contribution < -0.4 is 5.32 Å². The Bertz CT molecular complexity index is 342. The number of aliphatic hydroxyl groups excluding tert-OH is 4. The normalized spacial score (nSPS) is 15.1. The number of aliphatic hydroxyl groups is 4. The zero-order chi connectivity index (χ0) is 14.1. The summed E-state index contributed by atoms with van der Waals surface area (Å²) in [5.74, 6) is -1.77. The van der Waals surface area contributed by atoms with E-state index < -0.39 is 49.7 Å². The highest BCUT2D eigenvalue weighted by atomic mass is 16.4. The van der Waals surface area contributed by atoms with Crippen molar-refractivity contribution in [3.05, 3.63) is 10.4 Å². The van der Waals surface area contributed by atoms with E-state index in [1.165, 1.54) is 0 Å². The lowest BCUT2D eigenvalue weighted by Crippen LogP contribution is -2.43.